The summed E-state index contributed by atoms with van der Waals surface area (Å²) in [5.41, 5.74) is 1.79. The largest absolute Gasteiger partial charge is 0.356 e. The van der Waals surface area contributed by atoms with E-state index in [4.69, 9.17) is 0 Å². The minimum absolute atomic E-state index is 0.243. The Labute approximate surface area is 150 Å². The summed E-state index contributed by atoms with van der Waals surface area (Å²) in [6, 6.07) is 11.0. The molecule has 25 heavy (non-hydrogen) atoms. The normalized spacial score (nSPS) is 21.9. The van der Waals surface area contributed by atoms with E-state index >= 15 is 0 Å². The monoisotopic (exact) mass is 342 g/mol. The highest BCUT2D eigenvalue weighted by atomic mass is 16.2. The van der Waals surface area contributed by atoms with Gasteiger partial charge in [0.15, 0.2) is 5.96 Å². The lowest BCUT2D eigenvalue weighted by atomic mass is 9.96. The number of carbonyl (C=O) groups is 1. The van der Waals surface area contributed by atoms with E-state index in [1.807, 2.05) is 18.9 Å². The standard InChI is InChI=1S/C20H30N4O/c1-3-18(25)24-12-9-17(14-24)23-19(21-2)22-15-20(10-11-20)13-16-7-5-4-6-8-16/h4-8,17H,3,9-15H2,1-2H3,(H2,21,22,23). The van der Waals surface area contributed by atoms with Crippen LogP contribution in [0.25, 0.3) is 0 Å². The number of nitrogens with one attached hydrogen (secondary N) is 2. The first-order valence-corrected chi connectivity index (χ1v) is 9.43. The van der Waals surface area contributed by atoms with Crippen molar-refractivity contribution >= 4 is 11.9 Å². The van der Waals surface area contributed by atoms with Crippen LogP contribution in [-0.2, 0) is 11.2 Å². The van der Waals surface area contributed by atoms with E-state index in [2.05, 4.69) is 46.0 Å². The molecule has 0 aromatic heterocycles. The highest BCUT2D eigenvalue weighted by Crippen LogP contribution is 2.47. The molecule has 5 nitrogen and oxygen atoms in total. The molecule has 0 spiro atoms. The van der Waals surface area contributed by atoms with Gasteiger partial charge in [-0.3, -0.25) is 9.79 Å². The third-order valence-corrected chi connectivity index (χ3v) is 5.42. The van der Waals surface area contributed by atoms with Gasteiger partial charge >= 0.3 is 0 Å². The smallest absolute Gasteiger partial charge is 0.222 e. The summed E-state index contributed by atoms with van der Waals surface area (Å²) in [7, 11) is 1.82. The Kier molecular flexibility index (Phi) is 5.61. The summed E-state index contributed by atoms with van der Waals surface area (Å²) < 4.78 is 0. The molecule has 2 fully saturated rings. The first-order valence-electron chi connectivity index (χ1n) is 9.43. The molecule has 1 amide bonds. The zero-order valence-corrected chi connectivity index (χ0v) is 15.4. The number of rotatable bonds is 6. The van der Waals surface area contributed by atoms with E-state index in [0.717, 1.165) is 38.4 Å². The summed E-state index contributed by atoms with van der Waals surface area (Å²) in [6.07, 6.45) is 5.24. The van der Waals surface area contributed by atoms with E-state index in [0.29, 0.717) is 17.9 Å². The fourth-order valence-corrected chi connectivity index (χ4v) is 3.61. The van der Waals surface area contributed by atoms with E-state index in [1.54, 1.807) is 0 Å². The van der Waals surface area contributed by atoms with Crippen LogP contribution < -0.4 is 10.6 Å². The SMILES string of the molecule is CCC(=O)N1CCC(NC(=NC)NCC2(Cc3ccccc3)CC2)C1. The van der Waals surface area contributed by atoms with Gasteiger partial charge in [-0.25, -0.2) is 0 Å². The van der Waals surface area contributed by atoms with E-state index in [1.165, 1.54) is 18.4 Å². The molecule has 1 aromatic carbocycles. The van der Waals surface area contributed by atoms with Gasteiger partial charge in [0.05, 0.1) is 0 Å². The van der Waals surface area contributed by atoms with Crippen molar-refractivity contribution < 1.29 is 4.79 Å². The van der Waals surface area contributed by atoms with Crippen LogP contribution in [0.1, 0.15) is 38.2 Å². The van der Waals surface area contributed by atoms with Crippen molar-refractivity contribution in [3.8, 4) is 0 Å². The average molecular weight is 342 g/mol. The lowest BCUT2D eigenvalue weighted by Crippen LogP contribution is -2.46. The van der Waals surface area contributed by atoms with Gasteiger partial charge in [-0.1, -0.05) is 37.3 Å². The molecule has 1 heterocycles. The van der Waals surface area contributed by atoms with Crippen molar-refractivity contribution in [2.24, 2.45) is 10.4 Å². The fourth-order valence-electron chi connectivity index (χ4n) is 3.61. The Morgan fingerprint density at radius 3 is 2.72 bits per heavy atom. The number of likely N-dealkylation sites (tertiary alicyclic amines) is 1. The molecule has 1 atom stereocenters. The van der Waals surface area contributed by atoms with Crippen LogP contribution in [0.2, 0.25) is 0 Å². The van der Waals surface area contributed by atoms with Crippen LogP contribution in [0, 0.1) is 5.41 Å². The maximum absolute atomic E-state index is 11.8. The summed E-state index contributed by atoms with van der Waals surface area (Å²) in [6.45, 7) is 4.50. The van der Waals surface area contributed by atoms with Gasteiger partial charge in [-0.2, -0.15) is 0 Å². The highest BCUT2D eigenvalue weighted by molar-refractivity contribution is 5.80. The van der Waals surface area contributed by atoms with Crippen LogP contribution in [0.5, 0.6) is 0 Å². The van der Waals surface area contributed by atoms with Crippen molar-refractivity contribution in [3.63, 3.8) is 0 Å². The number of benzene rings is 1. The van der Waals surface area contributed by atoms with E-state index in [9.17, 15) is 4.79 Å². The number of carbonyl (C=O) groups excluding carboxylic acids is 1. The van der Waals surface area contributed by atoms with Crippen LogP contribution in [0.3, 0.4) is 0 Å². The second kappa shape index (κ2) is 7.89. The molecule has 0 bridgehead atoms. The highest BCUT2D eigenvalue weighted by Gasteiger charge is 2.42. The van der Waals surface area contributed by atoms with Gasteiger partial charge < -0.3 is 15.5 Å². The molecule has 1 aliphatic heterocycles. The third-order valence-electron chi connectivity index (χ3n) is 5.42. The molecule has 3 rings (SSSR count). The quantitative estimate of drug-likeness (QED) is 0.615. The predicted octanol–water partition coefficient (Wildman–Crippen LogP) is 2.19. The van der Waals surface area contributed by atoms with Crippen molar-refractivity contribution in [2.45, 2.75) is 45.1 Å². The van der Waals surface area contributed by atoms with Crippen molar-refractivity contribution in [1.29, 1.82) is 0 Å². The van der Waals surface area contributed by atoms with Gasteiger partial charge in [0.25, 0.3) is 0 Å². The summed E-state index contributed by atoms with van der Waals surface area (Å²) in [5, 5.41) is 7.00. The number of amides is 1. The van der Waals surface area contributed by atoms with Gasteiger partial charge in [0.1, 0.15) is 0 Å². The molecule has 1 saturated carbocycles. The maximum atomic E-state index is 11.8. The molecule has 1 saturated heterocycles. The number of aliphatic imine (C=N–C) groups is 1. The second-order valence-electron chi connectivity index (χ2n) is 7.41. The molecule has 2 aliphatic rings. The fraction of sp³-hybridized carbons (Fsp3) is 0.600. The lowest BCUT2D eigenvalue weighted by Gasteiger charge is -2.21. The Morgan fingerprint density at radius 2 is 2.08 bits per heavy atom. The van der Waals surface area contributed by atoms with Gasteiger partial charge in [0, 0.05) is 39.1 Å². The molecule has 1 aliphatic carbocycles. The molecule has 2 N–H and O–H groups in total. The van der Waals surface area contributed by atoms with Crippen LogP contribution >= 0.6 is 0 Å². The minimum Gasteiger partial charge on any atom is -0.356 e. The summed E-state index contributed by atoms with van der Waals surface area (Å²) >= 11 is 0. The van der Waals surface area contributed by atoms with E-state index < -0.39 is 0 Å². The zero-order valence-electron chi connectivity index (χ0n) is 15.4. The zero-order chi connectivity index (χ0) is 17.7. The Morgan fingerprint density at radius 1 is 1.32 bits per heavy atom. The number of nitrogens with zero attached hydrogens (tertiary/aromatic N) is 2. The van der Waals surface area contributed by atoms with Crippen molar-refractivity contribution in [3.05, 3.63) is 35.9 Å². The maximum Gasteiger partial charge on any atom is 0.222 e. The Hall–Kier alpha value is -2.04. The van der Waals surface area contributed by atoms with Crippen molar-refractivity contribution in [2.75, 3.05) is 26.7 Å². The van der Waals surface area contributed by atoms with Gasteiger partial charge in [-0.05, 0) is 36.7 Å². The van der Waals surface area contributed by atoms with Gasteiger partial charge in [-0.15, -0.1) is 0 Å². The molecule has 1 aromatic rings. The topological polar surface area (TPSA) is 56.7 Å². The summed E-state index contributed by atoms with van der Waals surface area (Å²) in [4.78, 5) is 18.1. The average Bonchev–Trinajstić information content (AvgIpc) is 3.24. The van der Waals surface area contributed by atoms with Crippen LogP contribution in [-0.4, -0.2) is 49.5 Å². The molecular weight excluding hydrogens is 312 g/mol. The first-order chi connectivity index (χ1) is 12.1. The minimum atomic E-state index is 0.243. The number of hydrogen-bond donors (Lipinski definition) is 2. The first kappa shape index (κ1) is 17.8. The molecule has 5 heteroatoms. The van der Waals surface area contributed by atoms with Crippen LogP contribution in [0.4, 0.5) is 0 Å². The molecule has 0 radical (unpaired) electrons. The van der Waals surface area contributed by atoms with Gasteiger partial charge in [0.2, 0.25) is 5.91 Å². The van der Waals surface area contributed by atoms with Crippen molar-refractivity contribution in [1.82, 2.24) is 15.5 Å². The predicted molar refractivity (Wildman–Crippen MR) is 102 cm³/mol. The summed E-state index contributed by atoms with van der Waals surface area (Å²) in [5.74, 6) is 1.10. The second-order valence-corrected chi connectivity index (χ2v) is 7.41. The third kappa shape index (κ3) is 4.74. The Bertz CT molecular complexity index is 609. The molecule has 136 valence electrons. The molecular formula is C20H30N4O. The lowest BCUT2D eigenvalue weighted by molar-refractivity contribution is -0.129. The van der Waals surface area contributed by atoms with Crippen LogP contribution in [0.15, 0.2) is 35.3 Å². The Balaban J connectivity index is 1.46. The number of hydrogen-bond acceptors (Lipinski definition) is 2. The van der Waals surface area contributed by atoms with E-state index in [-0.39, 0.29) is 5.91 Å². The number of guanidine groups is 1. The molecule has 1 unspecified atom stereocenters.